The first-order chi connectivity index (χ1) is 9.57. The van der Waals surface area contributed by atoms with Crippen LogP contribution in [0.25, 0.3) is 11.2 Å². The van der Waals surface area contributed by atoms with Crippen molar-refractivity contribution in [1.29, 1.82) is 0 Å². The summed E-state index contributed by atoms with van der Waals surface area (Å²) in [5.41, 5.74) is 1.84. The number of hydrogen-bond donors (Lipinski definition) is 2. The number of ether oxygens (including phenoxy) is 1. The molecule has 108 valence electrons. The fourth-order valence-corrected chi connectivity index (χ4v) is 2.65. The van der Waals surface area contributed by atoms with Crippen molar-refractivity contribution in [3.8, 4) is 5.88 Å². The number of imidazole rings is 1. The van der Waals surface area contributed by atoms with Gasteiger partial charge in [0.25, 0.3) is 0 Å². The lowest BCUT2D eigenvalue weighted by Crippen LogP contribution is -2.28. The molecule has 6 nitrogen and oxygen atoms in total. The predicted molar refractivity (Wildman–Crippen MR) is 77.9 cm³/mol. The van der Waals surface area contributed by atoms with Crippen molar-refractivity contribution in [3.63, 3.8) is 0 Å². The molecule has 0 aliphatic heterocycles. The van der Waals surface area contributed by atoms with Gasteiger partial charge in [-0.1, -0.05) is 13.8 Å². The molecule has 1 aliphatic carbocycles. The molecular weight excluding hydrogens is 254 g/mol. The molecule has 1 fully saturated rings. The van der Waals surface area contributed by atoms with Crippen LogP contribution in [-0.4, -0.2) is 33.1 Å². The van der Waals surface area contributed by atoms with Crippen LogP contribution in [0, 0.1) is 5.41 Å². The summed E-state index contributed by atoms with van der Waals surface area (Å²) in [4.78, 5) is 15.9. The maximum absolute atomic E-state index is 6.10. The Kier molecular flexibility index (Phi) is 3.23. The molecular formula is C14H21N5O. The molecule has 1 aliphatic rings. The van der Waals surface area contributed by atoms with Crippen LogP contribution in [0.15, 0.2) is 6.33 Å². The Morgan fingerprint density at radius 1 is 1.30 bits per heavy atom. The van der Waals surface area contributed by atoms with E-state index in [2.05, 4.69) is 39.1 Å². The van der Waals surface area contributed by atoms with Gasteiger partial charge >= 0.3 is 0 Å². The number of nitrogens with one attached hydrogen (secondary N) is 2. The van der Waals surface area contributed by atoms with E-state index >= 15 is 0 Å². The van der Waals surface area contributed by atoms with E-state index in [1.807, 2.05) is 0 Å². The third-order valence-corrected chi connectivity index (χ3v) is 4.04. The first-order valence-electron chi connectivity index (χ1n) is 7.13. The quantitative estimate of drug-likeness (QED) is 0.900. The second-order valence-electron chi connectivity index (χ2n) is 6.18. The van der Waals surface area contributed by atoms with Crippen molar-refractivity contribution in [3.05, 3.63) is 6.33 Å². The summed E-state index contributed by atoms with van der Waals surface area (Å²) in [5.74, 6) is 1.14. The van der Waals surface area contributed by atoms with Crippen molar-refractivity contribution < 1.29 is 4.74 Å². The molecule has 0 radical (unpaired) electrons. The van der Waals surface area contributed by atoms with Crippen LogP contribution >= 0.6 is 0 Å². The minimum Gasteiger partial charge on any atom is -0.473 e. The first kappa shape index (κ1) is 13.1. The van der Waals surface area contributed by atoms with E-state index in [4.69, 9.17) is 4.74 Å². The summed E-state index contributed by atoms with van der Waals surface area (Å²) in [6, 6.07) is 0. The summed E-state index contributed by atoms with van der Waals surface area (Å²) in [6.45, 7) is 4.64. The fourth-order valence-electron chi connectivity index (χ4n) is 2.65. The molecule has 1 saturated carbocycles. The Morgan fingerprint density at radius 2 is 2.05 bits per heavy atom. The Bertz CT molecular complexity index is 597. The maximum Gasteiger partial charge on any atom is 0.245 e. The molecule has 6 heteroatoms. The van der Waals surface area contributed by atoms with Gasteiger partial charge < -0.3 is 15.0 Å². The molecule has 2 N–H and O–H groups in total. The minimum atomic E-state index is 0.231. The van der Waals surface area contributed by atoms with Crippen molar-refractivity contribution in [2.24, 2.45) is 5.41 Å². The van der Waals surface area contributed by atoms with Gasteiger partial charge in [-0.2, -0.15) is 9.97 Å². The number of anilines is 1. The third-order valence-electron chi connectivity index (χ3n) is 4.04. The van der Waals surface area contributed by atoms with Crippen LogP contribution in [-0.2, 0) is 0 Å². The highest BCUT2D eigenvalue weighted by molar-refractivity contribution is 5.76. The van der Waals surface area contributed by atoms with Crippen molar-refractivity contribution in [1.82, 2.24) is 19.9 Å². The summed E-state index contributed by atoms with van der Waals surface area (Å²) >= 11 is 0. The van der Waals surface area contributed by atoms with E-state index in [9.17, 15) is 0 Å². The van der Waals surface area contributed by atoms with E-state index in [-0.39, 0.29) is 6.10 Å². The van der Waals surface area contributed by atoms with Gasteiger partial charge in [0.05, 0.1) is 6.33 Å². The van der Waals surface area contributed by atoms with Crippen LogP contribution in [0.2, 0.25) is 0 Å². The number of aromatic amines is 1. The average Bonchev–Trinajstić information content (AvgIpc) is 2.89. The second kappa shape index (κ2) is 4.92. The Labute approximate surface area is 118 Å². The molecule has 0 atom stereocenters. The third kappa shape index (κ3) is 2.55. The van der Waals surface area contributed by atoms with E-state index < -0.39 is 0 Å². The number of hydrogen-bond acceptors (Lipinski definition) is 5. The van der Waals surface area contributed by atoms with Gasteiger partial charge in [-0.3, -0.25) is 0 Å². The lowest BCUT2D eigenvalue weighted by atomic mass is 9.76. The SMILES string of the molecule is CNc1nc(OC2CCC(C)(C)CC2)c2[nH]cnc2n1. The Morgan fingerprint density at radius 3 is 2.75 bits per heavy atom. The van der Waals surface area contributed by atoms with E-state index in [1.165, 1.54) is 12.8 Å². The van der Waals surface area contributed by atoms with Crippen LogP contribution < -0.4 is 10.1 Å². The predicted octanol–water partition coefficient (Wildman–Crippen LogP) is 2.74. The normalized spacial score (nSPS) is 19.1. The monoisotopic (exact) mass is 275 g/mol. The van der Waals surface area contributed by atoms with Gasteiger partial charge in [-0.15, -0.1) is 0 Å². The van der Waals surface area contributed by atoms with Crippen LogP contribution in [0.3, 0.4) is 0 Å². The second-order valence-corrected chi connectivity index (χ2v) is 6.18. The van der Waals surface area contributed by atoms with Gasteiger partial charge in [0.1, 0.15) is 11.6 Å². The lowest BCUT2D eigenvalue weighted by Gasteiger charge is -2.34. The molecule has 0 aromatic carbocycles. The van der Waals surface area contributed by atoms with E-state index in [0.717, 1.165) is 18.4 Å². The molecule has 0 spiro atoms. The number of rotatable bonds is 3. The van der Waals surface area contributed by atoms with Gasteiger partial charge in [0, 0.05) is 7.05 Å². The smallest absolute Gasteiger partial charge is 0.245 e. The molecule has 2 heterocycles. The van der Waals surface area contributed by atoms with Crippen LogP contribution in [0.1, 0.15) is 39.5 Å². The molecule has 20 heavy (non-hydrogen) atoms. The summed E-state index contributed by atoms with van der Waals surface area (Å²) in [5, 5.41) is 2.94. The highest BCUT2D eigenvalue weighted by Crippen LogP contribution is 2.37. The summed E-state index contributed by atoms with van der Waals surface area (Å²) in [6.07, 6.45) is 6.37. The number of fused-ring (bicyclic) bond motifs is 1. The highest BCUT2D eigenvalue weighted by atomic mass is 16.5. The van der Waals surface area contributed by atoms with Crippen molar-refractivity contribution in [2.75, 3.05) is 12.4 Å². The standard InChI is InChI=1S/C14H21N5O/c1-14(2)6-4-9(5-7-14)20-12-10-11(17-8-16-10)18-13(15-3)19-12/h8-9H,4-7H2,1-3H3,(H2,15,16,17,18,19). The molecule has 0 saturated heterocycles. The van der Waals surface area contributed by atoms with Crippen LogP contribution in [0.4, 0.5) is 5.95 Å². The van der Waals surface area contributed by atoms with Crippen LogP contribution in [0.5, 0.6) is 5.88 Å². The van der Waals surface area contributed by atoms with Gasteiger partial charge in [0.15, 0.2) is 5.65 Å². The molecule has 2 aromatic rings. The molecule has 2 aromatic heterocycles. The van der Waals surface area contributed by atoms with Gasteiger partial charge in [-0.25, -0.2) is 4.98 Å². The van der Waals surface area contributed by atoms with Gasteiger partial charge in [-0.05, 0) is 31.1 Å². The topological polar surface area (TPSA) is 75.7 Å². The molecule has 0 bridgehead atoms. The lowest BCUT2D eigenvalue weighted by molar-refractivity contribution is 0.0962. The number of aromatic nitrogens is 4. The zero-order chi connectivity index (χ0) is 14.2. The van der Waals surface area contributed by atoms with Crippen molar-refractivity contribution >= 4 is 17.1 Å². The molecule has 0 unspecified atom stereocenters. The Balaban J connectivity index is 1.82. The van der Waals surface area contributed by atoms with E-state index in [1.54, 1.807) is 13.4 Å². The highest BCUT2D eigenvalue weighted by Gasteiger charge is 2.28. The maximum atomic E-state index is 6.10. The molecule has 3 rings (SSSR count). The largest absolute Gasteiger partial charge is 0.473 e. The summed E-state index contributed by atoms with van der Waals surface area (Å²) in [7, 11) is 1.79. The zero-order valence-corrected chi connectivity index (χ0v) is 12.2. The summed E-state index contributed by atoms with van der Waals surface area (Å²) < 4.78 is 6.10. The number of nitrogens with zero attached hydrogens (tertiary/aromatic N) is 3. The fraction of sp³-hybridized carbons (Fsp3) is 0.643. The van der Waals surface area contributed by atoms with E-state index in [0.29, 0.717) is 22.9 Å². The van der Waals surface area contributed by atoms with Gasteiger partial charge in [0.2, 0.25) is 11.8 Å². The Hall–Kier alpha value is -1.85. The first-order valence-corrected chi connectivity index (χ1v) is 7.13. The van der Waals surface area contributed by atoms with Crippen molar-refractivity contribution in [2.45, 2.75) is 45.6 Å². The zero-order valence-electron chi connectivity index (χ0n) is 12.2. The number of H-pyrrole nitrogens is 1. The average molecular weight is 275 g/mol. The minimum absolute atomic E-state index is 0.231. The molecule has 0 amide bonds.